The molecule has 3 amide bonds. The first-order valence-corrected chi connectivity index (χ1v) is 12.9. The molecule has 1 aliphatic rings. The molecule has 8 nitrogen and oxygen atoms in total. The molecule has 0 saturated heterocycles. The Morgan fingerprint density at radius 3 is 2.16 bits per heavy atom. The lowest BCUT2D eigenvalue weighted by atomic mass is 9.84. The number of nitrogens with one attached hydrogen (secondary N) is 2. The molecular weight excluding hydrogens is 482 g/mol. The van der Waals surface area contributed by atoms with Crippen molar-refractivity contribution in [2.24, 2.45) is 0 Å². The van der Waals surface area contributed by atoms with E-state index in [0.717, 1.165) is 11.3 Å². The third kappa shape index (κ3) is 7.20. The second-order valence-corrected chi connectivity index (χ2v) is 9.57. The summed E-state index contributed by atoms with van der Waals surface area (Å²) >= 11 is 0. The minimum absolute atomic E-state index is 0.272. The maximum absolute atomic E-state index is 13.4. The summed E-state index contributed by atoms with van der Waals surface area (Å²) in [5, 5.41) is 23.5. The second kappa shape index (κ2) is 12.9. The molecule has 0 aliphatic heterocycles. The van der Waals surface area contributed by atoms with Crippen molar-refractivity contribution in [2.45, 2.75) is 50.7 Å². The average Bonchev–Trinajstić information content (AvgIpc) is 2.95. The van der Waals surface area contributed by atoms with Crippen LogP contribution in [0.15, 0.2) is 78.9 Å². The van der Waals surface area contributed by atoms with Gasteiger partial charge in [0.05, 0.1) is 13.1 Å². The van der Waals surface area contributed by atoms with Gasteiger partial charge in [-0.1, -0.05) is 61.7 Å². The summed E-state index contributed by atoms with van der Waals surface area (Å²) in [5.74, 6) is -1.32. The standard InChI is InChI=1S/C30H33N3O5/c34-27(29(36)37)19-31-28(35)24-13-11-21(12-14-24)20-33(30(38)32-25-9-5-2-6-10-25)26-17-15-23(16-18-26)22-7-3-1-4-8-22/h2,5-6,9-18,22,27,34H,1,3-4,7-8,19-20H2,(H,31,35)(H,32,38)(H,36,37)/t27-/m1/s1. The van der Waals surface area contributed by atoms with Crippen LogP contribution < -0.4 is 15.5 Å². The molecule has 1 atom stereocenters. The Labute approximate surface area is 222 Å². The van der Waals surface area contributed by atoms with Gasteiger partial charge in [-0.15, -0.1) is 0 Å². The topological polar surface area (TPSA) is 119 Å². The molecule has 3 aromatic rings. The summed E-state index contributed by atoms with van der Waals surface area (Å²) in [6.07, 6.45) is 4.55. The third-order valence-electron chi connectivity index (χ3n) is 6.85. The number of amides is 3. The van der Waals surface area contributed by atoms with Crippen LogP contribution in [0.1, 0.15) is 59.5 Å². The number of para-hydroxylation sites is 1. The first-order valence-electron chi connectivity index (χ1n) is 12.9. The number of aliphatic hydroxyl groups excluding tert-OH is 1. The van der Waals surface area contributed by atoms with E-state index in [1.54, 1.807) is 29.2 Å². The molecule has 1 fully saturated rings. The molecule has 4 rings (SSSR count). The second-order valence-electron chi connectivity index (χ2n) is 9.57. The van der Waals surface area contributed by atoms with Crippen LogP contribution in [0.25, 0.3) is 0 Å². The fourth-order valence-electron chi connectivity index (χ4n) is 4.68. The van der Waals surface area contributed by atoms with Gasteiger partial charge in [0.2, 0.25) is 0 Å². The summed E-state index contributed by atoms with van der Waals surface area (Å²) in [5.41, 5.74) is 3.90. The zero-order valence-corrected chi connectivity index (χ0v) is 21.2. The van der Waals surface area contributed by atoms with E-state index >= 15 is 0 Å². The van der Waals surface area contributed by atoms with Gasteiger partial charge in [0.25, 0.3) is 5.91 Å². The van der Waals surface area contributed by atoms with Gasteiger partial charge < -0.3 is 20.8 Å². The van der Waals surface area contributed by atoms with Gasteiger partial charge in [0, 0.05) is 16.9 Å². The molecule has 198 valence electrons. The molecular formula is C30H33N3O5. The van der Waals surface area contributed by atoms with Gasteiger partial charge in [-0.25, -0.2) is 9.59 Å². The third-order valence-corrected chi connectivity index (χ3v) is 6.85. The van der Waals surface area contributed by atoms with Crippen molar-refractivity contribution in [2.75, 3.05) is 16.8 Å². The van der Waals surface area contributed by atoms with Crippen LogP contribution >= 0.6 is 0 Å². The normalized spacial score (nSPS) is 14.3. The van der Waals surface area contributed by atoms with Gasteiger partial charge >= 0.3 is 12.0 Å². The van der Waals surface area contributed by atoms with Crippen LogP contribution in [0.2, 0.25) is 0 Å². The van der Waals surface area contributed by atoms with Crippen molar-refractivity contribution in [3.8, 4) is 0 Å². The maximum Gasteiger partial charge on any atom is 0.334 e. The highest BCUT2D eigenvalue weighted by Gasteiger charge is 2.20. The largest absolute Gasteiger partial charge is 0.479 e. The summed E-state index contributed by atoms with van der Waals surface area (Å²) < 4.78 is 0. The van der Waals surface area contributed by atoms with Gasteiger partial charge in [-0.05, 0) is 66.3 Å². The Morgan fingerprint density at radius 1 is 0.868 bits per heavy atom. The summed E-state index contributed by atoms with van der Waals surface area (Å²) in [6, 6.07) is 23.9. The van der Waals surface area contributed by atoms with Crippen LogP contribution in [-0.2, 0) is 11.3 Å². The van der Waals surface area contributed by atoms with E-state index in [1.165, 1.54) is 37.7 Å². The number of carbonyl (C=O) groups is 3. The highest BCUT2D eigenvalue weighted by Crippen LogP contribution is 2.33. The SMILES string of the molecule is O=C(NC[C@@H](O)C(=O)O)c1ccc(CN(C(=O)Nc2ccccc2)c2ccc(C3CCCCC3)cc2)cc1. The first kappa shape index (κ1) is 26.9. The van der Waals surface area contributed by atoms with Crippen LogP contribution in [0.3, 0.4) is 0 Å². The minimum atomic E-state index is -1.67. The minimum Gasteiger partial charge on any atom is -0.479 e. The number of hydrogen-bond donors (Lipinski definition) is 4. The molecule has 38 heavy (non-hydrogen) atoms. The molecule has 1 aliphatic carbocycles. The number of carbonyl (C=O) groups excluding carboxylic acids is 2. The van der Waals surface area contributed by atoms with Gasteiger partial charge in [-0.2, -0.15) is 0 Å². The van der Waals surface area contributed by atoms with Crippen LogP contribution in [-0.4, -0.2) is 40.8 Å². The predicted molar refractivity (Wildman–Crippen MR) is 146 cm³/mol. The highest BCUT2D eigenvalue weighted by molar-refractivity contribution is 6.01. The highest BCUT2D eigenvalue weighted by atomic mass is 16.4. The van der Waals surface area contributed by atoms with Crippen LogP contribution in [0, 0.1) is 0 Å². The number of rotatable bonds is 9. The van der Waals surface area contributed by atoms with E-state index in [1.807, 2.05) is 42.5 Å². The molecule has 3 aromatic carbocycles. The van der Waals surface area contributed by atoms with Crippen molar-refractivity contribution >= 4 is 29.3 Å². The van der Waals surface area contributed by atoms with Crippen molar-refractivity contribution in [1.82, 2.24) is 5.32 Å². The monoisotopic (exact) mass is 515 g/mol. The molecule has 1 saturated carbocycles. The zero-order chi connectivity index (χ0) is 26.9. The van der Waals surface area contributed by atoms with E-state index in [-0.39, 0.29) is 19.1 Å². The molecule has 0 bridgehead atoms. The Balaban J connectivity index is 1.49. The number of benzene rings is 3. The Bertz CT molecular complexity index is 1220. The number of aliphatic carboxylic acids is 1. The molecule has 0 aromatic heterocycles. The lowest BCUT2D eigenvalue weighted by Crippen LogP contribution is -2.36. The van der Waals surface area contributed by atoms with Crippen LogP contribution in [0.5, 0.6) is 0 Å². The van der Waals surface area contributed by atoms with Crippen molar-refractivity contribution in [3.63, 3.8) is 0 Å². The van der Waals surface area contributed by atoms with Gasteiger partial charge in [0.15, 0.2) is 6.10 Å². The fourth-order valence-corrected chi connectivity index (χ4v) is 4.68. The molecule has 0 heterocycles. The number of hydrogen-bond acceptors (Lipinski definition) is 4. The van der Waals surface area contributed by atoms with E-state index in [9.17, 15) is 19.5 Å². The van der Waals surface area contributed by atoms with E-state index in [0.29, 0.717) is 17.2 Å². The Kier molecular flexibility index (Phi) is 9.11. The smallest absolute Gasteiger partial charge is 0.334 e. The summed E-state index contributed by atoms with van der Waals surface area (Å²) in [4.78, 5) is 38.1. The fraction of sp³-hybridized carbons (Fsp3) is 0.300. The lowest BCUT2D eigenvalue weighted by Gasteiger charge is -2.25. The number of carboxylic acid groups (broad SMARTS) is 1. The number of aliphatic hydroxyl groups is 1. The Hall–Kier alpha value is -4.17. The zero-order valence-electron chi connectivity index (χ0n) is 21.2. The number of anilines is 2. The molecule has 0 spiro atoms. The molecule has 4 N–H and O–H groups in total. The molecule has 0 unspecified atom stereocenters. The van der Waals surface area contributed by atoms with Crippen molar-refractivity contribution in [3.05, 3.63) is 95.6 Å². The number of carboxylic acids is 1. The van der Waals surface area contributed by atoms with E-state index in [2.05, 4.69) is 22.8 Å². The first-order chi connectivity index (χ1) is 18.4. The molecule has 0 radical (unpaired) electrons. The summed E-state index contributed by atoms with van der Waals surface area (Å²) in [7, 11) is 0. The maximum atomic E-state index is 13.4. The number of nitrogens with zero attached hydrogens (tertiary/aromatic N) is 1. The van der Waals surface area contributed by atoms with Crippen molar-refractivity contribution < 1.29 is 24.6 Å². The Morgan fingerprint density at radius 2 is 1.53 bits per heavy atom. The van der Waals surface area contributed by atoms with E-state index in [4.69, 9.17) is 5.11 Å². The molecule has 8 heteroatoms. The van der Waals surface area contributed by atoms with Crippen LogP contribution in [0.4, 0.5) is 16.2 Å². The predicted octanol–water partition coefficient (Wildman–Crippen LogP) is 5.15. The van der Waals surface area contributed by atoms with E-state index < -0.39 is 18.0 Å². The summed E-state index contributed by atoms with van der Waals surface area (Å²) in [6.45, 7) is -0.110. The number of urea groups is 1. The quantitative estimate of drug-likeness (QED) is 0.314. The van der Waals surface area contributed by atoms with Crippen molar-refractivity contribution in [1.29, 1.82) is 0 Å². The lowest BCUT2D eigenvalue weighted by molar-refractivity contribution is -0.146. The van der Waals surface area contributed by atoms with Gasteiger partial charge in [0.1, 0.15) is 0 Å². The average molecular weight is 516 g/mol. The van der Waals surface area contributed by atoms with Gasteiger partial charge in [-0.3, -0.25) is 9.69 Å².